The average Bonchev–Trinajstić information content (AvgIpc) is 3.23. The first-order valence-electron chi connectivity index (χ1n) is 26.0. The normalized spacial score (nSPS) is 13.6. The quantitative estimate of drug-likeness (QED) is 0.0195. The van der Waals surface area contributed by atoms with E-state index in [-0.39, 0.29) is 32.0 Å². The molecule has 0 fully saturated rings. The molecule has 9 nitrogen and oxygen atoms in total. The first-order valence-corrected chi connectivity index (χ1v) is 27.5. The largest absolute Gasteiger partial charge is 0.756 e. The van der Waals surface area contributed by atoms with Crippen LogP contribution in [0.25, 0.3) is 0 Å². The molecule has 366 valence electrons. The Morgan fingerprint density at radius 2 is 0.871 bits per heavy atom. The van der Waals surface area contributed by atoms with Gasteiger partial charge in [-0.25, -0.2) is 0 Å². The molecule has 0 aromatic carbocycles. The second kappa shape index (κ2) is 44.7. The number of esters is 2. The van der Waals surface area contributed by atoms with Crippen LogP contribution in [0.2, 0.25) is 0 Å². The highest BCUT2D eigenvalue weighted by atomic mass is 31.2. The Balaban J connectivity index is 3.92. The molecular formula is C52H100NO8P. The van der Waals surface area contributed by atoms with E-state index in [9.17, 15) is 19.0 Å². The first-order chi connectivity index (χ1) is 30.0. The lowest BCUT2D eigenvalue weighted by atomic mass is 10.0. The van der Waals surface area contributed by atoms with E-state index in [1.807, 2.05) is 21.1 Å². The summed E-state index contributed by atoms with van der Waals surface area (Å²) in [7, 11) is 1.18. The number of phosphoric acid groups is 1. The number of unbranched alkanes of at least 4 members (excludes halogenated alkanes) is 30. The van der Waals surface area contributed by atoms with Crippen LogP contribution in [0, 0.1) is 0 Å². The van der Waals surface area contributed by atoms with Gasteiger partial charge in [0.25, 0.3) is 7.82 Å². The number of ether oxygens (including phenoxy) is 2. The fourth-order valence-electron chi connectivity index (χ4n) is 7.39. The van der Waals surface area contributed by atoms with Crippen LogP contribution in [-0.2, 0) is 32.7 Å². The Hall–Kier alpha value is -1.51. The number of quaternary nitrogens is 1. The van der Waals surface area contributed by atoms with Crippen LogP contribution in [0.15, 0.2) is 24.3 Å². The zero-order valence-electron chi connectivity index (χ0n) is 41.3. The van der Waals surface area contributed by atoms with Crippen LogP contribution < -0.4 is 4.89 Å². The number of nitrogens with zero attached hydrogens (tertiary/aromatic N) is 1. The minimum atomic E-state index is -4.62. The van der Waals surface area contributed by atoms with Crippen molar-refractivity contribution in [2.45, 2.75) is 251 Å². The molecule has 0 heterocycles. The fourth-order valence-corrected chi connectivity index (χ4v) is 8.12. The zero-order valence-corrected chi connectivity index (χ0v) is 42.2. The molecule has 62 heavy (non-hydrogen) atoms. The van der Waals surface area contributed by atoms with E-state index < -0.39 is 26.5 Å². The van der Waals surface area contributed by atoms with Gasteiger partial charge >= 0.3 is 11.9 Å². The summed E-state index contributed by atoms with van der Waals surface area (Å²) in [6.07, 6.45) is 51.2. The lowest BCUT2D eigenvalue weighted by Crippen LogP contribution is -2.37. The molecule has 10 heteroatoms. The molecule has 0 rings (SSSR count). The average molecular weight is 898 g/mol. The Morgan fingerprint density at radius 3 is 1.27 bits per heavy atom. The topological polar surface area (TPSA) is 111 Å². The van der Waals surface area contributed by atoms with Crippen molar-refractivity contribution >= 4 is 19.8 Å². The summed E-state index contributed by atoms with van der Waals surface area (Å²) in [6, 6.07) is 0. The predicted molar refractivity (Wildman–Crippen MR) is 259 cm³/mol. The molecule has 0 radical (unpaired) electrons. The zero-order chi connectivity index (χ0) is 45.7. The van der Waals surface area contributed by atoms with Gasteiger partial charge in [0.15, 0.2) is 6.10 Å². The van der Waals surface area contributed by atoms with Gasteiger partial charge in [-0.1, -0.05) is 212 Å². The third-order valence-corrected chi connectivity index (χ3v) is 12.4. The maximum Gasteiger partial charge on any atom is 0.306 e. The summed E-state index contributed by atoms with van der Waals surface area (Å²) >= 11 is 0. The van der Waals surface area contributed by atoms with Crippen molar-refractivity contribution < 1.29 is 42.1 Å². The van der Waals surface area contributed by atoms with Crippen molar-refractivity contribution in [3.63, 3.8) is 0 Å². The van der Waals surface area contributed by atoms with E-state index in [1.165, 1.54) is 173 Å². The van der Waals surface area contributed by atoms with E-state index in [1.54, 1.807) is 0 Å². The molecule has 2 unspecified atom stereocenters. The number of carbonyl (C=O) groups is 2. The van der Waals surface area contributed by atoms with E-state index in [0.717, 1.165) is 38.5 Å². The van der Waals surface area contributed by atoms with Crippen molar-refractivity contribution in [1.82, 2.24) is 0 Å². The Labute approximate surface area is 383 Å². The number of rotatable bonds is 48. The molecule has 0 aromatic heterocycles. The summed E-state index contributed by atoms with van der Waals surface area (Å²) < 4.78 is 33.9. The van der Waals surface area contributed by atoms with Gasteiger partial charge in [0.2, 0.25) is 0 Å². The molecule has 0 amide bonds. The van der Waals surface area contributed by atoms with Crippen LogP contribution in [0.3, 0.4) is 0 Å². The van der Waals surface area contributed by atoms with Gasteiger partial charge < -0.3 is 27.9 Å². The van der Waals surface area contributed by atoms with Crippen LogP contribution in [0.4, 0.5) is 0 Å². The second-order valence-corrected chi connectivity index (χ2v) is 20.3. The monoisotopic (exact) mass is 898 g/mol. The lowest BCUT2D eigenvalue weighted by molar-refractivity contribution is -0.870. The van der Waals surface area contributed by atoms with Gasteiger partial charge in [0.1, 0.15) is 19.8 Å². The first kappa shape index (κ1) is 60.5. The van der Waals surface area contributed by atoms with Gasteiger partial charge in [-0.05, 0) is 44.9 Å². The van der Waals surface area contributed by atoms with Gasteiger partial charge in [0.05, 0.1) is 27.7 Å². The molecule has 0 aromatic rings. The highest BCUT2D eigenvalue weighted by Crippen LogP contribution is 2.38. The number of hydrogen-bond acceptors (Lipinski definition) is 8. The SMILES string of the molecule is CCCCCCC/C=C\C/C=C\CCCCCCCCCCCCCCCCCCCCCC(=O)OC(COC(=O)CCCCCCCCC)COP(=O)([O-])OCC[N+](C)(C)C. The van der Waals surface area contributed by atoms with Crippen molar-refractivity contribution in [2.24, 2.45) is 0 Å². The standard InChI is InChI=1S/C52H100NO8P/c1-6-8-10-12-14-15-16-17-18-19-20-21-22-23-24-25-26-27-28-29-30-31-32-33-34-35-36-37-39-41-43-45-52(55)61-50(49-60-62(56,57)59-47-46-53(3,4)5)48-58-51(54)44-42-40-38-13-11-9-7-2/h16-17,19-20,50H,6-15,18,21-49H2,1-5H3/b17-16-,20-19-. The number of likely N-dealkylation sites (N-methyl/N-ethyl adjacent to an activating group) is 1. The van der Waals surface area contributed by atoms with E-state index in [0.29, 0.717) is 17.4 Å². The van der Waals surface area contributed by atoms with Gasteiger partial charge in [-0.15, -0.1) is 0 Å². The minimum Gasteiger partial charge on any atom is -0.756 e. The van der Waals surface area contributed by atoms with E-state index in [2.05, 4.69) is 38.2 Å². The number of phosphoric ester groups is 1. The fraction of sp³-hybridized carbons (Fsp3) is 0.885. The molecule has 0 spiro atoms. The summed E-state index contributed by atoms with van der Waals surface area (Å²) in [6.45, 7) is 4.19. The number of hydrogen-bond donors (Lipinski definition) is 0. The highest BCUT2D eigenvalue weighted by Gasteiger charge is 2.21. The molecule has 0 saturated carbocycles. The molecule has 0 bridgehead atoms. The Morgan fingerprint density at radius 1 is 0.500 bits per heavy atom. The molecular weight excluding hydrogens is 798 g/mol. The molecule has 0 saturated heterocycles. The summed E-state index contributed by atoms with van der Waals surface area (Å²) in [4.78, 5) is 37.4. The summed E-state index contributed by atoms with van der Waals surface area (Å²) in [5, 5.41) is 0. The maximum atomic E-state index is 12.7. The van der Waals surface area contributed by atoms with Crippen molar-refractivity contribution in [3.05, 3.63) is 24.3 Å². The van der Waals surface area contributed by atoms with E-state index >= 15 is 0 Å². The van der Waals surface area contributed by atoms with Gasteiger partial charge in [-0.2, -0.15) is 0 Å². The molecule has 0 aliphatic heterocycles. The Bertz CT molecular complexity index is 1110. The number of carbonyl (C=O) groups excluding carboxylic acids is 2. The highest BCUT2D eigenvalue weighted by molar-refractivity contribution is 7.45. The molecule has 0 aliphatic rings. The van der Waals surface area contributed by atoms with Crippen molar-refractivity contribution in [3.8, 4) is 0 Å². The smallest absolute Gasteiger partial charge is 0.306 e. The third-order valence-electron chi connectivity index (χ3n) is 11.5. The van der Waals surface area contributed by atoms with Gasteiger partial charge in [-0.3, -0.25) is 14.2 Å². The minimum absolute atomic E-state index is 0.0279. The lowest BCUT2D eigenvalue weighted by Gasteiger charge is -2.28. The predicted octanol–water partition coefficient (Wildman–Crippen LogP) is 14.8. The van der Waals surface area contributed by atoms with Crippen molar-refractivity contribution in [2.75, 3.05) is 47.5 Å². The second-order valence-electron chi connectivity index (χ2n) is 18.9. The third kappa shape index (κ3) is 48.0. The molecule has 2 atom stereocenters. The molecule has 0 aliphatic carbocycles. The van der Waals surface area contributed by atoms with Crippen LogP contribution in [-0.4, -0.2) is 70.0 Å². The molecule has 0 N–H and O–H groups in total. The van der Waals surface area contributed by atoms with Crippen LogP contribution in [0.5, 0.6) is 0 Å². The van der Waals surface area contributed by atoms with Crippen molar-refractivity contribution in [1.29, 1.82) is 0 Å². The summed E-state index contributed by atoms with van der Waals surface area (Å²) in [5.41, 5.74) is 0. The number of allylic oxidation sites excluding steroid dienone is 4. The van der Waals surface area contributed by atoms with Crippen LogP contribution >= 0.6 is 7.82 Å². The Kier molecular flexibility index (Phi) is 43.6. The van der Waals surface area contributed by atoms with Gasteiger partial charge in [0, 0.05) is 12.8 Å². The summed E-state index contributed by atoms with van der Waals surface area (Å²) in [5.74, 6) is -0.830. The van der Waals surface area contributed by atoms with E-state index in [4.69, 9.17) is 18.5 Å². The van der Waals surface area contributed by atoms with Crippen LogP contribution in [0.1, 0.15) is 245 Å². The maximum absolute atomic E-state index is 12.7.